The third-order valence-corrected chi connectivity index (χ3v) is 3.62. The van der Waals surface area contributed by atoms with Crippen LogP contribution in [0.25, 0.3) is 0 Å². The third-order valence-electron chi connectivity index (χ3n) is 2.57. The standard InChI is InChI=1S/C9H15NOS/c1-7(11)12-9-4-5-10(6-9)8-2-3-8/h8-9H,2-6H2,1H3. The zero-order chi connectivity index (χ0) is 8.55. The summed E-state index contributed by atoms with van der Waals surface area (Å²) >= 11 is 1.53. The number of hydrogen-bond donors (Lipinski definition) is 0. The lowest BCUT2D eigenvalue weighted by Gasteiger charge is -2.13. The largest absolute Gasteiger partial charge is 0.299 e. The molecule has 12 heavy (non-hydrogen) atoms. The molecule has 2 rings (SSSR count). The summed E-state index contributed by atoms with van der Waals surface area (Å²) in [7, 11) is 0. The molecule has 1 unspecified atom stereocenters. The molecule has 1 saturated heterocycles. The molecule has 1 atom stereocenters. The van der Waals surface area contributed by atoms with E-state index < -0.39 is 0 Å². The molecular formula is C9H15NOS. The first-order valence-corrected chi connectivity index (χ1v) is 5.55. The van der Waals surface area contributed by atoms with Gasteiger partial charge in [0.2, 0.25) is 0 Å². The van der Waals surface area contributed by atoms with Crippen LogP contribution in [-0.2, 0) is 4.79 Å². The fraction of sp³-hybridized carbons (Fsp3) is 0.889. The van der Waals surface area contributed by atoms with Crippen LogP contribution >= 0.6 is 11.8 Å². The summed E-state index contributed by atoms with van der Waals surface area (Å²) in [5, 5.41) is 0.862. The highest BCUT2D eigenvalue weighted by Crippen LogP contribution is 2.33. The van der Waals surface area contributed by atoms with Crippen LogP contribution in [0.15, 0.2) is 0 Å². The summed E-state index contributed by atoms with van der Waals surface area (Å²) in [6, 6.07) is 0.877. The Hall–Kier alpha value is -0.0200. The number of hydrogen-bond acceptors (Lipinski definition) is 3. The zero-order valence-corrected chi connectivity index (χ0v) is 8.27. The Morgan fingerprint density at radius 2 is 2.17 bits per heavy atom. The smallest absolute Gasteiger partial charge is 0.186 e. The molecule has 2 nitrogen and oxygen atoms in total. The van der Waals surface area contributed by atoms with E-state index in [1.54, 1.807) is 6.92 Å². The van der Waals surface area contributed by atoms with Gasteiger partial charge in [-0.1, -0.05) is 11.8 Å². The van der Waals surface area contributed by atoms with Gasteiger partial charge in [0.15, 0.2) is 5.12 Å². The molecule has 0 spiro atoms. The highest BCUT2D eigenvalue weighted by molar-refractivity contribution is 8.14. The van der Waals surface area contributed by atoms with Crippen molar-refractivity contribution in [3.63, 3.8) is 0 Å². The molecule has 1 saturated carbocycles. The summed E-state index contributed by atoms with van der Waals surface area (Å²) in [4.78, 5) is 13.4. The predicted octanol–water partition coefficient (Wildman–Crippen LogP) is 1.50. The van der Waals surface area contributed by atoms with Crippen molar-refractivity contribution >= 4 is 16.9 Å². The first-order valence-electron chi connectivity index (χ1n) is 4.67. The van der Waals surface area contributed by atoms with Crippen LogP contribution < -0.4 is 0 Å². The number of thioether (sulfide) groups is 1. The van der Waals surface area contributed by atoms with E-state index >= 15 is 0 Å². The zero-order valence-electron chi connectivity index (χ0n) is 7.45. The van der Waals surface area contributed by atoms with Crippen molar-refractivity contribution in [2.75, 3.05) is 13.1 Å². The second kappa shape index (κ2) is 3.38. The Morgan fingerprint density at radius 3 is 2.75 bits per heavy atom. The Labute approximate surface area is 77.7 Å². The van der Waals surface area contributed by atoms with E-state index in [2.05, 4.69) is 4.90 Å². The topological polar surface area (TPSA) is 20.3 Å². The number of likely N-dealkylation sites (tertiary alicyclic amines) is 1. The van der Waals surface area contributed by atoms with Crippen LogP contribution in [0.5, 0.6) is 0 Å². The Kier molecular flexibility index (Phi) is 2.42. The summed E-state index contributed by atoms with van der Waals surface area (Å²) in [5.41, 5.74) is 0. The maximum Gasteiger partial charge on any atom is 0.186 e. The average molecular weight is 185 g/mol. The van der Waals surface area contributed by atoms with Crippen molar-refractivity contribution in [3.8, 4) is 0 Å². The minimum absolute atomic E-state index is 0.276. The van der Waals surface area contributed by atoms with Gasteiger partial charge >= 0.3 is 0 Å². The molecule has 2 fully saturated rings. The third kappa shape index (κ3) is 2.02. The monoisotopic (exact) mass is 185 g/mol. The molecule has 2 aliphatic rings. The average Bonchev–Trinajstić information content (AvgIpc) is 2.73. The Balaban J connectivity index is 1.77. The fourth-order valence-electron chi connectivity index (χ4n) is 1.86. The van der Waals surface area contributed by atoms with Gasteiger partial charge in [0, 0.05) is 24.8 Å². The van der Waals surface area contributed by atoms with Gasteiger partial charge in [-0.05, 0) is 25.8 Å². The normalized spacial score (nSPS) is 30.9. The maximum atomic E-state index is 10.8. The van der Waals surface area contributed by atoms with Gasteiger partial charge < -0.3 is 0 Å². The molecule has 3 heteroatoms. The lowest BCUT2D eigenvalue weighted by atomic mass is 10.4. The number of rotatable bonds is 2. The van der Waals surface area contributed by atoms with E-state index in [0.29, 0.717) is 5.25 Å². The minimum Gasteiger partial charge on any atom is -0.299 e. The first-order chi connectivity index (χ1) is 5.75. The highest BCUT2D eigenvalue weighted by atomic mass is 32.2. The molecule has 0 aromatic rings. The van der Waals surface area contributed by atoms with E-state index in [9.17, 15) is 4.79 Å². The van der Waals surface area contributed by atoms with E-state index in [0.717, 1.165) is 12.6 Å². The lowest BCUT2D eigenvalue weighted by Crippen LogP contribution is -2.23. The molecule has 0 radical (unpaired) electrons. The lowest BCUT2D eigenvalue weighted by molar-refractivity contribution is -0.109. The molecule has 0 aromatic heterocycles. The van der Waals surface area contributed by atoms with Crippen molar-refractivity contribution in [1.29, 1.82) is 0 Å². The van der Waals surface area contributed by atoms with Gasteiger partial charge in [0.1, 0.15) is 0 Å². The van der Waals surface area contributed by atoms with E-state index in [-0.39, 0.29) is 5.12 Å². The van der Waals surface area contributed by atoms with E-state index in [1.165, 1.54) is 37.6 Å². The van der Waals surface area contributed by atoms with Gasteiger partial charge in [-0.2, -0.15) is 0 Å². The first kappa shape index (κ1) is 8.57. The second-order valence-electron chi connectivity index (χ2n) is 3.75. The molecule has 1 aliphatic heterocycles. The number of nitrogens with zero attached hydrogens (tertiary/aromatic N) is 1. The van der Waals surface area contributed by atoms with Crippen molar-refractivity contribution in [1.82, 2.24) is 4.90 Å². The van der Waals surface area contributed by atoms with Crippen molar-refractivity contribution in [2.24, 2.45) is 0 Å². The van der Waals surface area contributed by atoms with Crippen molar-refractivity contribution in [3.05, 3.63) is 0 Å². The van der Waals surface area contributed by atoms with Crippen LogP contribution in [0.2, 0.25) is 0 Å². The van der Waals surface area contributed by atoms with Crippen molar-refractivity contribution in [2.45, 2.75) is 37.5 Å². The number of carbonyl (C=O) groups is 1. The molecule has 1 heterocycles. The van der Waals surface area contributed by atoms with Crippen LogP contribution in [0, 0.1) is 0 Å². The Bertz CT molecular complexity index is 191. The van der Waals surface area contributed by atoms with E-state index in [1.807, 2.05) is 0 Å². The van der Waals surface area contributed by atoms with Gasteiger partial charge in [0.05, 0.1) is 0 Å². The maximum absolute atomic E-state index is 10.8. The fourth-order valence-corrected chi connectivity index (χ4v) is 2.81. The molecule has 0 aromatic carbocycles. The summed E-state index contributed by atoms with van der Waals surface area (Å²) < 4.78 is 0. The quantitative estimate of drug-likeness (QED) is 0.650. The van der Waals surface area contributed by atoms with Gasteiger partial charge in [0.25, 0.3) is 0 Å². The van der Waals surface area contributed by atoms with Crippen molar-refractivity contribution < 1.29 is 4.79 Å². The van der Waals surface area contributed by atoms with Gasteiger partial charge in [-0.25, -0.2) is 0 Å². The van der Waals surface area contributed by atoms with Crippen LogP contribution in [0.1, 0.15) is 26.2 Å². The van der Waals surface area contributed by atoms with Crippen LogP contribution in [0.3, 0.4) is 0 Å². The summed E-state index contributed by atoms with van der Waals surface area (Å²) in [5.74, 6) is 0. The molecule has 0 bridgehead atoms. The number of carbonyl (C=O) groups excluding carboxylic acids is 1. The SMILES string of the molecule is CC(=O)SC1CCN(C2CC2)C1. The molecule has 0 amide bonds. The predicted molar refractivity (Wildman–Crippen MR) is 51.3 cm³/mol. The summed E-state index contributed by atoms with van der Waals surface area (Å²) in [6.07, 6.45) is 3.98. The van der Waals surface area contributed by atoms with Crippen LogP contribution in [-0.4, -0.2) is 34.4 Å². The highest BCUT2D eigenvalue weighted by Gasteiger charge is 2.34. The molecule has 0 N–H and O–H groups in total. The molecular weight excluding hydrogens is 170 g/mol. The Morgan fingerprint density at radius 1 is 1.42 bits per heavy atom. The van der Waals surface area contributed by atoms with E-state index in [4.69, 9.17) is 0 Å². The van der Waals surface area contributed by atoms with Crippen LogP contribution in [0.4, 0.5) is 0 Å². The van der Waals surface area contributed by atoms with Gasteiger partial charge in [-0.3, -0.25) is 9.69 Å². The summed E-state index contributed by atoms with van der Waals surface area (Å²) in [6.45, 7) is 4.04. The second-order valence-corrected chi connectivity index (χ2v) is 5.22. The van der Waals surface area contributed by atoms with Gasteiger partial charge in [-0.15, -0.1) is 0 Å². The molecule has 1 aliphatic carbocycles. The minimum atomic E-state index is 0.276. The molecule has 68 valence electrons.